The molecule has 0 aliphatic rings. The Bertz CT molecular complexity index is 646. The third-order valence-corrected chi connectivity index (χ3v) is 6.47. The highest BCUT2D eigenvalue weighted by Gasteiger charge is 2.17. The van der Waals surface area contributed by atoms with Gasteiger partial charge in [0, 0.05) is 11.1 Å². The van der Waals surface area contributed by atoms with Crippen LogP contribution >= 0.6 is 22.7 Å². The van der Waals surface area contributed by atoms with Crippen LogP contribution in [0.2, 0.25) is 0 Å². The lowest BCUT2D eigenvalue weighted by Gasteiger charge is -2.01. The number of thiazole rings is 1. The number of thiophene rings is 1. The molecule has 0 spiro atoms. The van der Waals surface area contributed by atoms with E-state index in [-0.39, 0.29) is 17.4 Å². The second-order valence-corrected chi connectivity index (χ2v) is 7.94. The van der Waals surface area contributed by atoms with Gasteiger partial charge in [-0.15, -0.1) is 22.7 Å². The summed E-state index contributed by atoms with van der Waals surface area (Å²) in [4.78, 5) is 5.29. The van der Waals surface area contributed by atoms with Crippen LogP contribution < -0.4 is 4.72 Å². The number of aliphatic hydroxyl groups is 1. The summed E-state index contributed by atoms with van der Waals surface area (Å²) in [6, 6.07) is 1.48. The second-order valence-electron chi connectivity index (χ2n) is 3.83. The Morgan fingerprint density at radius 2 is 2.26 bits per heavy atom. The molecule has 2 heterocycles. The van der Waals surface area contributed by atoms with Crippen LogP contribution in [0.5, 0.6) is 0 Å². The molecule has 0 bridgehead atoms. The number of hydrogen-bond acceptors (Lipinski definition) is 6. The van der Waals surface area contributed by atoms with Crippen LogP contribution in [-0.4, -0.2) is 18.5 Å². The predicted octanol–water partition coefficient (Wildman–Crippen LogP) is 1.74. The van der Waals surface area contributed by atoms with E-state index in [1.54, 1.807) is 11.6 Å². The molecular formula is C11H14N2O3S3. The molecule has 0 unspecified atom stereocenters. The molecule has 8 heteroatoms. The molecule has 2 aromatic rings. The van der Waals surface area contributed by atoms with Gasteiger partial charge in [0.1, 0.15) is 9.22 Å². The van der Waals surface area contributed by atoms with Gasteiger partial charge >= 0.3 is 0 Å². The number of aliphatic hydroxyl groups excluding tert-OH is 1. The summed E-state index contributed by atoms with van der Waals surface area (Å²) < 4.78 is 26.7. The van der Waals surface area contributed by atoms with Gasteiger partial charge in [-0.3, -0.25) is 0 Å². The van der Waals surface area contributed by atoms with Crippen LogP contribution in [0, 0.1) is 0 Å². The van der Waals surface area contributed by atoms with E-state index in [1.807, 2.05) is 6.92 Å². The maximum absolute atomic E-state index is 12.0. The standard InChI is InChI=1S/C11H14N2O3S3/c1-2-9-4-12-10(18-9)5-13-19(15,16)11-3-8(6-14)7-17-11/h3-4,7,13-14H,2,5-6H2,1H3. The number of aryl methyl sites for hydroxylation is 1. The zero-order valence-electron chi connectivity index (χ0n) is 10.3. The molecule has 0 aromatic carbocycles. The Kier molecular flexibility index (Phi) is 4.69. The third-order valence-electron chi connectivity index (χ3n) is 2.44. The van der Waals surface area contributed by atoms with Crippen molar-refractivity contribution in [3.05, 3.63) is 33.1 Å². The Labute approximate surface area is 120 Å². The molecule has 0 atom stereocenters. The summed E-state index contributed by atoms with van der Waals surface area (Å²) in [5.74, 6) is 0. The van der Waals surface area contributed by atoms with Crippen LogP contribution in [0.15, 0.2) is 21.9 Å². The lowest BCUT2D eigenvalue weighted by atomic mass is 10.4. The van der Waals surface area contributed by atoms with Crippen molar-refractivity contribution in [2.45, 2.75) is 30.7 Å². The molecule has 0 saturated heterocycles. The summed E-state index contributed by atoms with van der Waals surface area (Å²) in [6.07, 6.45) is 2.67. The Hall–Kier alpha value is -0.800. The first-order valence-corrected chi connectivity index (χ1v) is 8.84. The van der Waals surface area contributed by atoms with Crippen molar-refractivity contribution in [3.63, 3.8) is 0 Å². The normalized spacial score (nSPS) is 11.9. The fraction of sp³-hybridized carbons (Fsp3) is 0.364. The SMILES string of the molecule is CCc1cnc(CNS(=O)(=O)c2cc(CO)cs2)s1. The molecule has 0 amide bonds. The molecule has 2 aromatic heterocycles. The highest BCUT2D eigenvalue weighted by molar-refractivity contribution is 7.91. The smallest absolute Gasteiger partial charge is 0.250 e. The maximum atomic E-state index is 12.0. The van der Waals surface area contributed by atoms with E-state index < -0.39 is 10.0 Å². The third kappa shape index (κ3) is 3.61. The topological polar surface area (TPSA) is 79.3 Å². The van der Waals surface area contributed by atoms with E-state index in [1.165, 1.54) is 17.4 Å². The molecule has 0 aliphatic carbocycles. The molecular weight excluding hydrogens is 304 g/mol. The van der Waals surface area contributed by atoms with Crippen LogP contribution in [0.1, 0.15) is 22.4 Å². The van der Waals surface area contributed by atoms with Gasteiger partial charge < -0.3 is 5.11 Å². The van der Waals surface area contributed by atoms with Gasteiger partial charge in [0.25, 0.3) is 0 Å². The van der Waals surface area contributed by atoms with Crippen LogP contribution in [-0.2, 0) is 29.6 Å². The maximum Gasteiger partial charge on any atom is 0.250 e. The van der Waals surface area contributed by atoms with Gasteiger partial charge in [0.15, 0.2) is 0 Å². The minimum Gasteiger partial charge on any atom is -0.392 e. The minimum atomic E-state index is -3.52. The average molecular weight is 318 g/mol. The molecule has 2 rings (SSSR count). The predicted molar refractivity (Wildman–Crippen MR) is 75.8 cm³/mol. The fourth-order valence-electron chi connectivity index (χ4n) is 1.40. The number of nitrogens with zero attached hydrogens (tertiary/aromatic N) is 1. The molecule has 0 saturated carbocycles. The van der Waals surface area contributed by atoms with E-state index in [9.17, 15) is 8.42 Å². The lowest BCUT2D eigenvalue weighted by Crippen LogP contribution is -2.22. The van der Waals surface area contributed by atoms with E-state index in [4.69, 9.17) is 5.11 Å². The van der Waals surface area contributed by atoms with Gasteiger partial charge in [-0.05, 0) is 23.4 Å². The van der Waals surface area contributed by atoms with Crippen molar-refractivity contribution in [1.29, 1.82) is 0 Å². The highest BCUT2D eigenvalue weighted by Crippen LogP contribution is 2.21. The fourth-order valence-corrected chi connectivity index (χ4v) is 4.52. The van der Waals surface area contributed by atoms with Gasteiger partial charge in [0.2, 0.25) is 10.0 Å². The summed E-state index contributed by atoms with van der Waals surface area (Å²) >= 11 is 2.60. The average Bonchev–Trinajstić information content (AvgIpc) is 3.05. The quantitative estimate of drug-likeness (QED) is 0.850. The molecule has 0 aliphatic heterocycles. The first kappa shape index (κ1) is 14.6. The Morgan fingerprint density at radius 1 is 1.47 bits per heavy atom. The minimum absolute atomic E-state index is 0.154. The van der Waals surface area contributed by atoms with Crippen molar-refractivity contribution in [2.24, 2.45) is 0 Å². The number of nitrogens with one attached hydrogen (secondary N) is 1. The summed E-state index contributed by atoms with van der Waals surface area (Å²) in [6.45, 7) is 2.07. The van der Waals surface area contributed by atoms with Gasteiger partial charge in [-0.25, -0.2) is 18.1 Å². The summed E-state index contributed by atoms with van der Waals surface area (Å²) in [5, 5.41) is 11.3. The zero-order valence-corrected chi connectivity index (χ0v) is 12.7. The molecule has 2 N–H and O–H groups in total. The molecule has 0 fully saturated rings. The van der Waals surface area contributed by atoms with Crippen molar-refractivity contribution >= 4 is 32.7 Å². The first-order valence-electron chi connectivity index (χ1n) is 5.66. The second kappa shape index (κ2) is 6.10. The van der Waals surface area contributed by atoms with Crippen LogP contribution in [0.4, 0.5) is 0 Å². The number of rotatable bonds is 6. The molecule has 0 radical (unpaired) electrons. The van der Waals surface area contributed by atoms with Gasteiger partial charge in [-0.2, -0.15) is 0 Å². The van der Waals surface area contributed by atoms with E-state index >= 15 is 0 Å². The highest BCUT2D eigenvalue weighted by atomic mass is 32.2. The monoisotopic (exact) mass is 318 g/mol. The number of aromatic nitrogens is 1. The van der Waals surface area contributed by atoms with Crippen molar-refractivity contribution in [1.82, 2.24) is 9.71 Å². The van der Waals surface area contributed by atoms with Crippen LogP contribution in [0.25, 0.3) is 0 Å². The molecule has 19 heavy (non-hydrogen) atoms. The van der Waals surface area contributed by atoms with Crippen molar-refractivity contribution in [2.75, 3.05) is 0 Å². The lowest BCUT2D eigenvalue weighted by molar-refractivity contribution is 0.282. The van der Waals surface area contributed by atoms with Crippen molar-refractivity contribution < 1.29 is 13.5 Å². The van der Waals surface area contributed by atoms with Crippen molar-refractivity contribution in [3.8, 4) is 0 Å². The number of hydrogen-bond donors (Lipinski definition) is 2. The Balaban J connectivity index is 2.05. The van der Waals surface area contributed by atoms with E-state index in [2.05, 4.69) is 9.71 Å². The Morgan fingerprint density at radius 3 is 2.84 bits per heavy atom. The molecule has 104 valence electrons. The largest absolute Gasteiger partial charge is 0.392 e. The van der Waals surface area contributed by atoms with E-state index in [0.29, 0.717) is 5.56 Å². The summed E-state index contributed by atoms with van der Waals surface area (Å²) in [7, 11) is -3.52. The molecule has 5 nitrogen and oxygen atoms in total. The number of sulfonamides is 1. The zero-order chi connectivity index (χ0) is 13.9. The van der Waals surface area contributed by atoms with Gasteiger partial charge in [0.05, 0.1) is 13.2 Å². The van der Waals surface area contributed by atoms with Gasteiger partial charge in [-0.1, -0.05) is 6.92 Å². The van der Waals surface area contributed by atoms with Crippen LogP contribution in [0.3, 0.4) is 0 Å². The first-order chi connectivity index (χ1) is 9.05. The van der Waals surface area contributed by atoms with E-state index in [0.717, 1.165) is 27.6 Å². The summed E-state index contributed by atoms with van der Waals surface area (Å²) in [5.41, 5.74) is 0.605.